The van der Waals surface area contributed by atoms with Crippen molar-refractivity contribution in [3.05, 3.63) is 11.6 Å². The fourth-order valence-electron chi connectivity index (χ4n) is 7.35. The number of fused-ring (bicyclic) bond motifs is 5. The number of rotatable bonds is 1. The highest BCUT2D eigenvalue weighted by atomic mass is 16.3. The van der Waals surface area contributed by atoms with Gasteiger partial charge in [-0.3, -0.25) is 9.59 Å². The van der Waals surface area contributed by atoms with Crippen molar-refractivity contribution < 1.29 is 14.7 Å². The zero-order valence-electron chi connectivity index (χ0n) is 15.2. The number of aliphatic hydroxyl groups is 1. The molecule has 0 bridgehead atoms. The van der Waals surface area contributed by atoms with Crippen molar-refractivity contribution in [3.63, 3.8) is 0 Å². The van der Waals surface area contributed by atoms with Crippen LogP contribution in [0.4, 0.5) is 0 Å². The molecule has 0 radical (unpaired) electrons. The predicted octanol–water partition coefficient (Wildman–Crippen LogP) is 3.69. The first-order valence-corrected chi connectivity index (χ1v) is 9.70. The van der Waals surface area contributed by atoms with Gasteiger partial charge in [-0.05, 0) is 80.1 Å². The summed E-state index contributed by atoms with van der Waals surface area (Å²) in [5, 5.41) is 11.2. The van der Waals surface area contributed by atoms with E-state index in [4.69, 9.17) is 0 Å². The third-order valence-corrected chi connectivity index (χ3v) is 8.38. The number of allylic oxidation sites excluding steroid dienone is 1. The molecule has 24 heavy (non-hydrogen) atoms. The van der Waals surface area contributed by atoms with E-state index in [1.807, 2.05) is 6.08 Å². The molecular weight excluding hydrogens is 300 g/mol. The lowest BCUT2D eigenvalue weighted by molar-refractivity contribution is -0.143. The molecule has 7 atom stereocenters. The lowest BCUT2D eigenvalue weighted by atomic mass is 9.46. The number of hydrogen-bond acceptors (Lipinski definition) is 3. The van der Waals surface area contributed by atoms with Crippen LogP contribution in [0.25, 0.3) is 0 Å². The van der Waals surface area contributed by atoms with E-state index < -0.39 is 0 Å². The smallest absolute Gasteiger partial charge is 0.155 e. The molecule has 1 N–H and O–H groups in total. The van der Waals surface area contributed by atoms with Crippen LogP contribution in [0.15, 0.2) is 11.6 Å². The quantitative estimate of drug-likeness (QED) is 0.797. The summed E-state index contributed by atoms with van der Waals surface area (Å²) in [6, 6.07) is 0. The average Bonchev–Trinajstić information content (AvgIpc) is 2.84. The van der Waals surface area contributed by atoms with Crippen molar-refractivity contribution in [3.8, 4) is 0 Å². The van der Waals surface area contributed by atoms with Gasteiger partial charge in [-0.2, -0.15) is 0 Å². The second-order valence-corrected chi connectivity index (χ2v) is 9.41. The van der Waals surface area contributed by atoms with Crippen LogP contribution in [0.1, 0.15) is 65.7 Å². The molecule has 3 fully saturated rings. The Bertz CT molecular complexity index is 621. The molecule has 4 rings (SSSR count). The highest BCUT2D eigenvalue weighted by Gasteiger charge is 2.62. The molecule has 0 aromatic heterocycles. The molecule has 3 nitrogen and oxygen atoms in total. The van der Waals surface area contributed by atoms with E-state index in [0.29, 0.717) is 24.0 Å². The topological polar surface area (TPSA) is 54.4 Å². The van der Waals surface area contributed by atoms with Crippen LogP contribution < -0.4 is 0 Å². The van der Waals surface area contributed by atoms with Crippen molar-refractivity contribution in [1.29, 1.82) is 0 Å². The van der Waals surface area contributed by atoms with Gasteiger partial charge in [0.2, 0.25) is 0 Å². The van der Waals surface area contributed by atoms with Crippen LogP contribution >= 0.6 is 0 Å². The molecule has 3 saturated carbocycles. The predicted molar refractivity (Wildman–Crippen MR) is 92.3 cm³/mol. The highest BCUT2D eigenvalue weighted by Crippen LogP contribution is 2.66. The molecule has 0 aliphatic heterocycles. The number of carbonyl (C=O) groups excluding carboxylic acids is 2. The van der Waals surface area contributed by atoms with Gasteiger partial charge in [0.1, 0.15) is 5.78 Å². The Hall–Kier alpha value is -0.960. The summed E-state index contributed by atoms with van der Waals surface area (Å²) < 4.78 is 0. The van der Waals surface area contributed by atoms with Gasteiger partial charge >= 0.3 is 0 Å². The van der Waals surface area contributed by atoms with E-state index in [-0.39, 0.29) is 34.6 Å². The lowest BCUT2D eigenvalue weighted by Gasteiger charge is -2.59. The van der Waals surface area contributed by atoms with E-state index in [1.54, 1.807) is 6.92 Å². The van der Waals surface area contributed by atoms with Crippen molar-refractivity contribution >= 4 is 11.6 Å². The summed E-state index contributed by atoms with van der Waals surface area (Å²) in [5.41, 5.74) is 1.23. The largest absolute Gasteiger partial charge is 0.393 e. The number of Topliss-reactive ketones (excluding diaryl/α,β-unsaturated/α-hetero) is 1. The van der Waals surface area contributed by atoms with Crippen molar-refractivity contribution in [1.82, 2.24) is 0 Å². The van der Waals surface area contributed by atoms with Gasteiger partial charge in [-0.1, -0.05) is 19.4 Å². The third kappa shape index (κ3) is 2.06. The minimum absolute atomic E-state index is 0.0219. The minimum Gasteiger partial charge on any atom is -0.393 e. The SMILES string of the molecule is CC(=O)[C@H]1CC[C@H]2[C@@H]3CCC4=CC(=O)CC[C@]4(C)[C@H]3[C@H](O)C[C@]12C. The maximum absolute atomic E-state index is 12.2. The van der Waals surface area contributed by atoms with Crippen molar-refractivity contribution in [2.24, 2.45) is 34.5 Å². The fraction of sp³-hybridized carbons (Fsp3) is 0.810. The first-order chi connectivity index (χ1) is 11.3. The molecule has 0 amide bonds. The molecule has 132 valence electrons. The molecule has 0 unspecified atom stereocenters. The number of carbonyl (C=O) groups is 2. The van der Waals surface area contributed by atoms with Gasteiger partial charge in [0.05, 0.1) is 6.10 Å². The van der Waals surface area contributed by atoms with E-state index in [9.17, 15) is 14.7 Å². The van der Waals surface area contributed by atoms with E-state index in [0.717, 1.165) is 38.5 Å². The molecule has 0 saturated heterocycles. The maximum atomic E-state index is 12.2. The molecule has 4 aliphatic carbocycles. The standard InChI is InChI=1S/C21H30O3/c1-12(22)16-6-7-17-15-5-4-13-10-14(23)8-9-20(13,2)19(15)18(24)11-21(16,17)3/h10,15-19,24H,4-9,11H2,1-3H3/t15-,16+,17-,18+,19+,20-,21+/m0/s1. The Morgan fingerprint density at radius 2 is 1.96 bits per heavy atom. The third-order valence-electron chi connectivity index (χ3n) is 8.38. The highest BCUT2D eigenvalue weighted by molar-refractivity contribution is 5.91. The Morgan fingerprint density at radius 1 is 1.21 bits per heavy atom. The first-order valence-electron chi connectivity index (χ1n) is 9.70. The van der Waals surface area contributed by atoms with Gasteiger partial charge in [-0.15, -0.1) is 0 Å². The van der Waals surface area contributed by atoms with Crippen LogP contribution in [0.3, 0.4) is 0 Å². The number of hydrogen-bond donors (Lipinski definition) is 1. The van der Waals surface area contributed by atoms with Crippen LogP contribution in [0.2, 0.25) is 0 Å². The Morgan fingerprint density at radius 3 is 2.67 bits per heavy atom. The molecule has 3 heteroatoms. The van der Waals surface area contributed by atoms with Crippen LogP contribution in [-0.2, 0) is 9.59 Å². The maximum Gasteiger partial charge on any atom is 0.155 e. The van der Waals surface area contributed by atoms with E-state index in [1.165, 1.54) is 5.57 Å². The summed E-state index contributed by atoms with van der Waals surface area (Å²) in [7, 11) is 0. The zero-order valence-corrected chi connectivity index (χ0v) is 15.2. The molecule has 0 heterocycles. The molecule has 0 aromatic carbocycles. The Labute approximate surface area is 144 Å². The Kier molecular flexibility index (Phi) is 3.62. The van der Waals surface area contributed by atoms with Crippen LogP contribution in [0.5, 0.6) is 0 Å². The monoisotopic (exact) mass is 330 g/mol. The van der Waals surface area contributed by atoms with Crippen LogP contribution in [-0.4, -0.2) is 22.8 Å². The van der Waals surface area contributed by atoms with Gasteiger partial charge in [-0.25, -0.2) is 0 Å². The fourth-order valence-corrected chi connectivity index (χ4v) is 7.35. The summed E-state index contributed by atoms with van der Waals surface area (Å²) >= 11 is 0. The van der Waals surface area contributed by atoms with Gasteiger partial charge in [0.15, 0.2) is 5.78 Å². The number of aliphatic hydroxyl groups excluding tert-OH is 1. The van der Waals surface area contributed by atoms with Crippen molar-refractivity contribution in [2.45, 2.75) is 71.8 Å². The lowest BCUT2D eigenvalue weighted by Crippen LogP contribution is -2.56. The van der Waals surface area contributed by atoms with Crippen molar-refractivity contribution in [2.75, 3.05) is 0 Å². The van der Waals surface area contributed by atoms with Crippen LogP contribution in [0, 0.1) is 34.5 Å². The van der Waals surface area contributed by atoms with E-state index >= 15 is 0 Å². The van der Waals surface area contributed by atoms with E-state index in [2.05, 4.69) is 13.8 Å². The summed E-state index contributed by atoms with van der Waals surface area (Å²) in [5.74, 6) is 1.99. The Balaban J connectivity index is 1.72. The average molecular weight is 330 g/mol. The summed E-state index contributed by atoms with van der Waals surface area (Å²) in [6.07, 6.45) is 7.97. The van der Waals surface area contributed by atoms with Gasteiger partial charge < -0.3 is 5.11 Å². The number of ketones is 2. The minimum atomic E-state index is -0.349. The second kappa shape index (κ2) is 5.27. The normalized spacial score (nSPS) is 50.6. The zero-order chi connectivity index (χ0) is 17.3. The second-order valence-electron chi connectivity index (χ2n) is 9.41. The molecule has 4 aliphatic rings. The molecule has 0 spiro atoms. The molecular formula is C21H30O3. The summed E-state index contributed by atoms with van der Waals surface area (Å²) in [6.45, 7) is 6.27. The first kappa shape index (κ1) is 16.5. The van der Waals surface area contributed by atoms with Gasteiger partial charge in [0, 0.05) is 12.3 Å². The molecule has 0 aromatic rings. The summed E-state index contributed by atoms with van der Waals surface area (Å²) in [4.78, 5) is 24.0. The van der Waals surface area contributed by atoms with Gasteiger partial charge in [0.25, 0.3) is 0 Å².